The third-order valence-corrected chi connectivity index (χ3v) is 2.92. The molecule has 0 aromatic carbocycles. The fraction of sp³-hybridized carbons (Fsp3) is 0.786. The molecule has 18 heavy (non-hydrogen) atoms. The van der Waals surface area contributed by atoms with E-state index in [-0.39, 0.29) is 11.0 Å². The molecule has 1 rings (SSSR count). The number of anilines is 2. The summed E-state index contributed by atoms with van der Waals surface area (Å²) in [6.07, 6.45) is 1.92. The van der Waals surface area contributed by atoms with E-state index in [1.54, 1.807) is 0 Å². The smallest absolute Gasteiger partial charge is 0.148 e. The van der Waals surface area contributed by atoms with E-state index >= 15 is 0 Å². The highest BCUT2D eigenvalue weighted by Gasteiger charge is 2.27. The van der Waals surface area contributed by atoms with Gasteiger partial charge in [-0.15, -0.1) is 0 Å². The molecular weight excluding hydrogens is 224 g/mol. The highest BCUT2D eigenvalue weighted by molar-refractivity contribution is 5.65. The monoisotopic (exact) mass is 252 g/mol. The minimum atomic E-state index is -0.00876. The third kappa shape index (κ3) is 3.65. The molecule has 0 saturated carbocycles. The Morgan fingerprint density at radius 2 is 1.78 bits per heavy atom. The van der Waals surface area contributed by atoms with Crippen molar-refractivity contribution < 1.29 is 0 Å². The van der Waals surface area contributed by atoms with E-state index in [2.05, 4.69) is 52.0 Å². The van der Waals surface area contributed by atoms with Gasteiger partial charge >= 0.3 is 0 Å². The first kappa shape index (κ1) is 14.9. The van der Waals surface area contributed by atoms with Crippen molar-refractivity contribution in [3.05, 3.63) is 5.69 Å². The van der Waals surface area contributed by atoms with Crippen LogP contribution in [0.3, 0.4) is 0 Å². The number of nitrogen functional groups attached to an aromatic ring is 1. The van der Waals surface area contributed by atoms with Gasteiger partial charge in [0.05, 0.1) is 11.4 Å². The van der Waals surface area contributed by atoms with Crippen LogP contribution in [-0.2, 0) is 13.5 Å². The molecule has 0 aliphatic heterocycles. The second-order valence-electron chi connectivity index (χ2n) is 6.93. The highest BCUT2D eigenvalue weighted by Crippen LogP contribution is 2.32. The summed E-state index contributed by atoms with van der Waals surface area (Å²) < 4.78 is 1.85. The van der Waals surface area contributed by atoms with Gasteiger partial charge < -0.3 is 11.1 Å². The summed E-state index contributed by atoms with van der Waals surface area (Å²) in [6.45, 7) is 13.2. The lowest BCUT2D eigenvalue weighted by molar-refractivity contribution is 0.301. The van der Waals surface area contributed by atoms with E-state index in [1.165, 1.54) is 0 Å². The summed E-state index contributed by atoms with van der Waals surface area (Å²) in [5.41, 5.74) is 8.15. The molecule has 0 amide bonds. The molecule has 1 heterocycles. The first-order valence-corrected chi connectivity index (χ1v) is 6.65. The average molecular weight is 252 g/mol. The normalized spacial score (nSPS) is 12.8. The van der Waals surface area contributed by atoms with E-state index in [9.17, 15) is 0 Å². The van der Waals surface area contributed by atoms with Crippen molar-refractivity contribution in [1.82, 2.24) is 9.78 Å². The van der Waals surface area contributed by atoms with Crippen molar-refractivity contribution in [3.8, 4) is 0 Å². The number of nitrogens with two attached hydrogens (primary N) is 1. The molecule has 0 atom stereocenters. The van der Waals surface area contributed by atoms with Crippen LogP contribution in [-0.4, -0.2) is 15.3 Å². The number of hydrogen-bond donors (Lipinski definition) is 2. The molecule has 0 saturated heterocycles. The molecule has 0 spiro atoms. The molecule has 0 aliphatic rings. The molecule has 3 N–H and O–H groups in total. The van der Waals surface area contributed by atoms with Crippen LogP contribution in [0.1, 0.15) is 53.7 Å². The number of rotatable bonds is 4. The van der Waals surface area contributed by atoms with E-state index in [0.29, 0.717) is 0 Å². The summed E-state index contributed by atoms with van der Waals surface area (Å²) in [5.74, 6) is 0.932. The molecule has 0 radical (unpaired) electrons. The topological polar surface area (TPSA) is 55.9 Å². The van der Waals surface area contributed by atoms with Crippen LogP contribution >= 0.6 is 0 Å². The van der Waals surface area contributed by atoms with Gasteiger partial charge in [-0.1, -0.05) is 27.7 Å². The van der Waals surface area contributed by atoms with Crippen LogP contribution in [0.25, 0.3) is 0 Å². The largest absolute Gasteiger partial charge is 0.394 e. The quantitative estimate of drug-likeness (QED) is 0.865. The zero-order valence-corrected chi connectivity index (χ0v) is 12.9. The Hall–Kier alpha value is -1.19. The van der Waals surface area contributed by atoms with Crippen LogP contribution in [0.2, 0.25) is 0 Å². The van der Waals surface area contributed by atoms with Crippen LogP contribution in [0.4, 0.5) is 11.5 Å². The Morgan fingerprint density at radius 1 is 1.22 bits per heavy atom. The Balaban J connectivity index is 2.94. The lowest BCUT2D eigenvalue weighted by atomic mass is 9.82. The number of nitrogens with zero attached hydrogens (tertiary/aromatic N) is 2. The number of aromatic nitrogens is 2. The van der Waals surface area contributed by atoms with Gasteiger partial charge in [0.2, 0.25) is 0 Å². The average Bonchev–Trinajstić information content (AvgIpc) is 2.41. The van der Waals surface area contributed by atoms with E-state index < -0.39 is 0 Å². The maximum atomic E-state index is 6.14. The van der Waals surface area contributed by atoms with Crippen LogP contribution < -0.4 is 11.1 Å². The minimum absolute atomic E-state index is 0.00876. The van der Waals surface area contributed by atoms with Gasteiger partial charge in [0.25, 0.3) is 0 Å². The Morgan fingerprint density at radius 3 is 2.17 bits per heavy atom. The van der Waals surface area contributed by atoms with Crippen LogP contribution in [0.5, 0.6) is 0 Å². The summed E-state index contributed by atoms with van der Waals surface area (Å²) in [6, 6.07) is 0. The van der Waals surface area contributed by atoms with Crippen molar-refractivity contribution in [2.75, 3.05) is 11.1 Å². The van der Waals surface area contributed by atoms with Crippen LogP contribution in [0, 0.1) is 5.41 Å². The van der Waals surface area contributed by atoms with Crippen molar-refractivity contribution in [1.29, 1.82) is 0 Å². The zero-order valence-electron chi connectivity index (χ0n) is 12.9. The molecule has 1 aromatic rings. The summed E-state index contributed by atoms with van der Waals surface area (Å²) in [5, 5.41) is 7.98. The predicted octanol–water partition coefficient (Wildman–Crippen LogP) is 3.19. The first-order valence-electron chi connectivity index (χ1n) is 6.65. The fourth-order valence-corrected chi connectivity index (χ4v) is 2.70. The van der Waals surface area contributed by atoms with Crippen molar-refractivity contribution in [2.24, 2.45) is 12.5 Å². The third-order valence-electron chi connectivity index (χ3n) is 2.92. The van der Waals surface area contributed by atoms with Gasteiger partial charge in [0.1, 0.15) is 5.82 Å². The molecule has 0 fully saturated rings. The molecule has 0 unspecified atom stereocenters. The molecule has 0 aliphatic carbocycles. The lowest BCUT2D eigenvalue weighted by Gasteiger charge is -2.34. The Labute approximate surface area is 111 Å². The molecule has 1 aromatic heterocycles. The fourth-order valence-electron chi connectivity index (χ4n) is 2.70. The molecule has 4 heteroatoms. The zero-order chi connectivity index (χ0) is 14.1. The Kier molecular flexibility index (Phi) is 3.99. The highest BCUT2D eigenvalue weighted by atomic mass is 15.3. The van der Waals surface area contributed by atoms with Crippen molar-refractivity contribution in [3.63, 3.8) is 0 Å². The minimum Gasteiger partial charge on any atom is -0.394 e. The summed E-state index contributed by atoms with van der Waals surface area (Å²) in [7, 11) is 1.94. The molecule has 0 bridgehead atoms. The van der Waals surface area contributed by atoms with Gasteiger partial charge in [-0.2, -0.15) is 5.10 Å². The lowest BCUT2D eigenvalue weighted by Crippen LogP contribution is -2.36. The van der Waals surface area contributed by atoms with Gasteiger partial charge in [0.15, 0.2) is 0 Å². The summed E-state index contributed by atoms with van der Waals surface area (Å²) in [4.78, 5) is 0. The van der Waals surface area contributed by atoms with E-state index in [1.807, 2.05) is 11.7 Å². The maximum absolute atomic E-state index is 6.14. The molecule has 104 valence electrons. The van der Waals surface area contributed by atoms with Crippen molar-refractivity contribution in [2.45, 2.75) is 59.9 Å². The van der Waals surface area contributed by atoms with E-state index in [4.69, 9.17) is 5.73 Å². The van der Waals surface area contributed by atoms with Gasteiger partial charge in [-0.3, -0.25) is 4.68 Å². The van der Waals surface area contributed by atoms with Crippen LogP contribution in [0.15, 0.2) is 0 Å². The number of nitrogens with one attached hydrogen (secondary N) is 1. The standard InChI is InChI=1S/C14H28N4/c1-8-10-11(15)12(18(7)17-10)16-14(5,6)9-13(2,3)4/h16H,8-9,15H2,1-7H3. The van der Waals surface area contributed by atoms with Gasteiger partial charge in [-0.05, 0) is 32.1 Å². The van der Waals surface area contributed by atoms with Crippen molar-refractivity contribution >= 4 is 11.5 Å². The SMILES string of the molecule is CCc1nn(C)c(NC(C)(C)CC(C)(C)C)c1N. The number of hydrogen-bond acceptors (Lipinski definition) is 3. The first-order chi connectivity index (χ1) is 8.06. The second-order valence-corrected chi connectivity index (χ2v) is 6.93. The summed E-state index contributed by atoms with van der Waals surface area (Å²) >= 11 is 0. The number of aryl methyl sites for hydroxylation is 2. The van der Waals surface area contributed by atoms with Gasteiger partial charge in [0, 0.05) is 12.6 Å². The maximum Gasteiger partial charge on any atom is 0.148 e. The second kappa shape index (κ2) is 4.82. The Bertz CT molecular complexity index is 410. The molecular formula is C14H28N4. The molecule has 4 nitrogen and oxygen atoms in total. The van der Waals surface area contributed by atoms with E-state index in [0.717, 1.165) is 30.0 Å². The predicted molar refractivity (Wildman–Crippen MR) is 78.8 cm³/mol. The van der Waals surface area contributed by atoms with Gasteiger partial charge in [-0.25, -0.2) is 0 Å².